The van der Waals surface area contributed by atoms with E-state index in [2.05, 4.69) is 0 Å². The number of hydrogen-bond donors (Lipinski definition) is 2. The summed E-state index contributed by atoms with van der Waals surface area (Å²) in [5.41, 5.74) is -2.01. The van der Waals surface area contributed by atoms with Crippen molar-refractivity contribution in [3.8, 4) is 11.5 Å². The number of carboxylic acids is 2. The minimum Gasteiger partial charge on any atom is -0.491 e. The molecule has 2 N–H and O–H groups in total. The zero-order chi connectivity index (χ0) is 32.2. The van der Waals surface area contributed by atoms with E-state index in [1.165, 1.54) is 25.0 Å². The molecule has 0 unspecified atom stereocenters. The van der Waals surface area contributed by atoms with E-state index >= 15 is 0 Å². The van der Waals surface area contributed by atoms with Crippen molar-refractivity contribution in [2.24, 2.45) is 0 Å². The third-order valence-corrected chi connectivity index (χ3v) is 7.65. The van der Waals surface area contributed by atoms with E-state index in [4.69, 9.17) is 14.6 Å². The Bertz CT molecular complexity index is 1990. The Hall–Kier alpha value is -4.88. The van der Waals surface area contributed by atoms with Crippen molar-refractivity contribution in [3.63, 3.8) is 0 Å². The highest BCUT2D eigenvalue weighted by Gasteiger charge is 2.34. The number of benzene rings is 2. The first-order valence-electron chi connectivity index (χ1n) is 13.6. The Morgan fingerprint density at radius 3 is 1.75 bits per heavy atom. The van der Waals surface area contributed by atoms with Gasteiger partial charge in [0.1, 0.15) is 11.1 Å². The van der Waals surface area contributed by atoms with Crippen molar-refractivity contribution in [2.75, 3.05) is 14.2 Å². The SMILES string of the molecule is CCc1c(C(=O)O)c(=O)c2cc(F)c(F)c(OC)c2n1C1CC1.COc1c(F)c(F)cc2c(=O)c(C(=O)O)cn(C3CC3)c12. The fraction of sp³-hybridized carbons (Fsp3) is 0.333. The number of pyridine rings is 2. The van der Waals surface area contributed by atoms with Gasteiger partial charge in [-0.25, -0.2) is 18.4 Å². The molecule has 4 aromatic rings. The Labute approximate surface area is 245 Å². The molecule has 2 aliphatic rings. The second-order valence-corrected chi connectivity index (χ2v) is 10.4. The van der Waals surface area contributed by atoms with E-state index in [9.17, 15) is 41.8 Å². The van der Waals surface area contributed by atoms with Crippen molar-refractivity contribution in [3.05, 3.63) is 78.9 Å². The summed E-state index contributed by atoms with van der Waals surface area (Å²) in [5, 5.41) is 18.1. The maximum Gasteiger partial charge on any atom is 0.341 e. The topological polar surface area (TPSA) is 137 Å². The number of fused-ring (bicyclic) bond motifs is 2. The third-order valence-electron chi connectivity index (χ3n) is 7.65. The molecule has 14 heteroatoms. The molecule has 2 saturated carbocycles. The summed E-state index contributed by atoms with van der Waals surface area (Å²) in [6, 6.07) is 1.40. The van der Waals surface area contributed by atoms with Crippen LogP contribution in [0.1, 0.15) is 71.1 Å². The van der Waals surface area contributed by atoms with Crippen LogP contribution in [0.3, 0.4) is 0 Å². The molecule has 2 fully saturated rings. The Kier molecular flexibility index (Phi) is 7.87. The number of aromatic carboxylic acids is 2. The van der Waals surface area contributed by atoms with Gasteiger partial charge in [0.15, 0.2) is 23.1 Å². The molecule has 0 atom stereocenters. The number of carbonyl (C=O) groups is 2. The number of halogens is 4. The van der Waals surface area contributed by atoms with Crippen LogP contribution in [0.4, 0.5) is 17.6 Å². The summed E-state index contributed by atoms with van der Waals surface area (Å²) >= 11 is 0. The molecule has 0 saturated heterocycles. The zero-order valence-corrected chi connectivity index (χ0v) is 23.7. The van der Waals surface area contributed by atoms with Gasteiger partial charge in [0.2, 0.25) is 22.5 Å². The normalized spacial score (nSPS) is 14.3. The first-order chi connectivity index (χ1) is 20.9. The van der Waals surface area contributed by atoms with Crippen LogP contribution >= 0.6 is 0 Å². The molecule has 6 rings (SSSR count). The second kappa shape index (κ2) is 11.3. The lowest BCUT2D eigenvalue weighted by Crippen LogP contribution is -2.24. The molecule has 0 aliphatic heterocycles. The molecule has 2 aromatic heterocycles. The summed E-state index contributed by atoms with van der Waals surface area (Å²) in [6.07, 6.45) is 4.58. The number of nitrogens with zero attached hydrogens (tertiary/aromatic N) is 2. The smallest absolute Gasteiger partial charge is 0.341 e. The zero-order valence-electron chi connectivity index (χ0n) is 23.7. The number of hydrogen-bond acceptors (Lipinski definition) is 6. The van der Waals surface area contributed by atoms with Gasteiger partial charge in [0.05, 0.1) is 36.0 Å². The van der Waals surface area contributed by atoms with Gasteiger partial charge in [0.25, 0.3) is 0 Å². The minimum atomic E-state index is -1.40. The number of carboxylic acid groups (broad SMARTS) is 2. The molecule has 0 spiro atoms. The number of aromatic nitrogens is 2. The highest BCUT2D eigenvalue weighted by molar-refractivity contribution is 5.96. The van der Waals surface area contributed by atoms with Crippen molar-refractivity contribution in [1.29, 1.82) is 0 Å². The van der Waals surface area contributed by atoms with E-state index in [-0.39, 0.29) is 57.4 Å². The van der Waals surface area contributed by atoms with Crippen LogP contribution in [0.2, 0.25) is 0 Å². The quantitative estimate of drug-likeness (QED) is 0.270. The molecular weight excluding hydrogens is 592 g/mol. The summed E-state index contributed by atoms with van der Waals surface area (Å²) in [7, 11) is 2.36. The number of ether oxygens (including phenoxy) is 2. The van der Waals surface area contributed by atoms with E-state index in [0.29, 0.717) is 5.69 Å². The predicted octanol–water partition coefficient (Wildman–Crippen LogP) is 5.21. The second-order valence-electron chi connectivity index (χ2n) is 10.4. The van der Waals surface area contributed by atoms with Crippen LogP contribution in [-0.2, 0) is 6.42 Å². The third kappa shape index (κ3) is 4.93. The van der Waals surface area contributed by atoms with Crippen LogP contribution in [0.15, 0.2) is 27.9 Å². The van der Waals surface area contributed by atoms with Gasteiger partial charge in [-0.1, -0.05) is 6.92 Å². The lowest BCUT2D eigenvalue weighted by Gasteiger charge is -2.20. The molecule has 2 aliphatic carbocycles. The Balaban J connectivity index is 0.000000175. The van der Waals surface area contributed by atoms with Gasteiger partial charge in [-0.05, 0) is 44.2 Å². The maximum absolute atomic E-state index is 14.1. The molecule has 2 aromatic carbocycles. The summed E-state index contributed by atoms with van der Waals surface area (Å²) in [4.78, 5) is 47.4. The van der Waals surface area contributed by atoms with Gasteiger partial charge in [-0.3, -0.25) is 9.59 Å². The van der Waals surface area contributed by atoms with Gasteiger partial charge in [0, 0.05) is 24.0 Å². The van der Waals surface area contributed by atoms with E-state index in [1.807, 2.05) is 0 Å². The van der Waals surface area contributed by atoms with Crippen LogP contribution < -0.4 is 20.3 Å². The number of rotatable bonds is 7. The Morgan fingerprint density at radius 2 is 1.32 bits per heavy atom. The van der Waals surface area contributed by atoms with Crippen molar-refractivity contribution >= 4 is 33.7 Å². The summed E-state index contributed by atoms with van der Waals surface area (Å²) in [5.74, 6) is -8.38. The van der Waals surface area contributed by atoms with Crippen LogP contribution in [0.5, 0.6) is 11.5 Å². The monoisotopic (exact) mass is 618 g/mol. The van der Waals surface area contributed by atoms with Gasteiger partial charge < -0.3 is 28.8 Å². The predicted molar refractivity (Wildman–Crippen MR) is 149 cm³/mol. The Morgan fingerprint density at radius 1 is 0.818 bits per heavy atom. The van der Waals surface area contributed by atoms with Gasteiger partial charge >= 0.3 is 11.9 Å². The van der Waals surface area contributed by atoms with Gasteiger partial charge in [-0.2, -0.15) is 8.78 Å². The fourth-order valence-electron chi connectivity index (χ4n) is 5.43. The lowest BCUT2D eigenvalue weighted by molar-refractivity contribution is 0.0683. The minimum absolute atomic E-state index is 0.0371. The molecule has 0 amide bonds. The van der Waals surface area contributed by atoms with E-state index in [0.717, 1.165) is 37.8 Å². The molecular formula is C30H26F4N2O8. The molecule has 232 valence electrons. The van der Waals surface area contributed by atoms with Crippen LogP contribution in [0, 0.1) is 23.3 Å². The molecule has 10 nitrogen and oxygen atoms in total. The first-order valence-corrected chi connectivity index (χ1v) is 13.6. The maximum atomic E-state index is 14.1. The average Bonchev–Trinajstić information content (AvgIpc) is 3.90. The largest absolute Gasteiger partial charge is 0.491 e. The molecule has 44 heavy (non-hydrogen) atoms. The van der Waals surface area contributed by atoms with Crippen molar-refractivity contribution < 1.29 is 46.8 Å². The first kappa shape index (κ1) is 30.6. The fourth-order valence-corrected chi connectivity index (χ4v) is 5.43. The summed E-state index contributed by atoms with van der Waals surface area (Å²) in [6.45, 7) is 1.72. The standard InChI is InChI=1S/C16H15F2NO4.C14H11F2NO4/c1-3-10-11(16(21)22)14(20)8-6-9(17)12(18)15(23-2)13(8)19(10)7-4-5-7;1-21-13-10(16)9(15)4-7-11(13)17(6-2-3-6)5-8(12(7)18)14(19)20/h6-7H,3-5H2,1-2H3,(H,21,22);4-6H,2-3H2,1H3,(H,19,20). The summed E-state index contributed by atoms with van der Waals surface area (Å²) < 4.78 is 68.3. The highest BCUT2D eigenvalue weighted by Crippen LogP contribution is 2.42. The van der Waals surface area contributed by atoms with Crippen molar-refractivity contribution in [2.45, 2.75) is 51.1 Å². The van der Waals surface area contributed by atoms with Crippen LogP contribution in [0.25, 0.3) is 21.8 Å². The number of methoxy groups -OCH3 is 2. The molecule has 0 bridgehead atoms. The van der Waals surface area contributed by atoms with E-state index < -0.39 is 51.6 Å². The van der Waals surface area contributed by atoms with Crippen LogP contribution in [-0.4, -0.2) is 45.5 Å². The van der Waals surface area contributed by atoms with Gasteiger partial charge in [-0.15, -0.1) is 0 Å². The molecule has 2 heterocycles. The highest BCUT2D eigenvalue weighted by atomic mass is 19.2. The molecule has 0 radical (unpaired) electrons. The lowest BCUT2D eigenvalue weighted by atomic mass is 10.0. The van der Waals surface area contributed by atoms with E-state index in [1.54, 1.807) is 11.5 Å². The average molecular weight is 619 g/mol. The van der Waals surface area contributed by atoms with Crippen molar-refractivity contribution in [1.82, 2.24) is 9.13 Å².